The SMILES string of the molecule is CCOc1ccccc1CNC(=NC)NCc1cc(OC)c(OC)cc1OC.I. The Labute approximate surface area is 189 Å². The topological polar surface area (TPSA) is 73.3 Å². The lowest BCUT2D eigenvalue weighted by atomic mass is 10.1. The van der Waals surface area contributed by atoms with Crippen LogP contribution in [0.15, 0.2) is 41.4 Å². The molecule has 0 saturated carbocycles. The minimum atomic E-state index is 0. The van der Waals surface area contributed by atoms with Gasteiger partial charge in [0, 0.05) is 37.3 Å². The summed E-state index contributed by atoms with van der Waals surface area (Å²) in [6.45, 7) is 3.71. The molecule has 7 nitrogen and oxygen atoms in total. The van der Waals surface area contributed by atoms with Crippen LogP contribution in [-0.4, -0.2) is 40.9 Å². The maximum Gasteiger partial charge on any atom is 0.191 e. The average molecular weight is 515 g/mol. The zero-order valence-electron chi connectivity index (χ0n) is 17.6. The van der Waals surface area contributed by atoms with E-state index < -0.39 is 0 Å². The third-order valence-electron chi connectivity index (χ3n) is 4.18. The molecule has 2 aromatic carbocycles. The Kier molecular flexibility index (Phi) is 11.0. The van der Waals surface area contributed by atoms with Crippen LogP contribution >= 0.6 is 24.0 Å². The van der Waals surface area contributed by atoms with E-state index in [9.17, 15) is 0 Å². The summed E-state index contributed by atoms with van der Waals surface area (Å²) in [5, 5.41) is 6.60. The summed E-state index contributed by atoms with van der Waals surface area (Å²) in [4.78, 5) is 4.28. The smallest absolute Gasteiger partial charge is 0.191 e. The lowest BCUT2D eigenvalue weighted by Crippen LogP contribution is -2.36. The van der Waals surface area contributed by atoms with Gasteiger partial charge in [-0.05, 0) is 19.1 Å². The number of ether oxygens (including phenoxy) is 4. The van der Waals surface area contributed by atoms with E-state index in [0.717, 1.165) is 16.9 Å². The molecule has 29 heavy (non-hydrogen) atoms. The Hall–Kier alpha value is -2.36. The lowest BCUT2D eigenvalue weighted by Gasteiger charge is -2.17. The van der Waals surface area contributed by atoms with Gasteiger partial charge in [0.15, 0.2) is 17.5 Å². The van der Waals surface area contributed by atoms with Crippen LogP contribution in [0.1, 0.15) is 18.1 Å². The predicted molar refractivity (Wildman–Crippen MR) is 126 cm³/mol. The molecule has 160 valence electrons. The number of rotatable bonds is 9. The van der Waals surface area contributed by atoms with Crippen molar-refractivity contribution >= 4 is 29.9 Å². The fourth-order valence-electron chi connectivity index (χ4n) is 2.76. The third-order valence-corrected chi connectivity index (χ3v) is 4.18. The number of guanidine groups is 1. The Morgan fingerprint density at radius 3 is 2.00 bits per heavy atom. The van der Waals surface area contributed by atoms with E-state index in [0.29, 0.717) is 42.9 Å². The maximum atomic E-state index is 5.67. The first-order valence-corrected chi connectivity index (χ1v) is 9.10. The van der Waals surface area contributed by atoms with Crippen molar-refractivity contribution in [2.75, 3.05) is 35.0 Å². The molecule has 2 aromatic rings. The predicted octanol–water partition coefficient (Wildman–Crippen LogP) is 3.59. The number of aliphatic imine (C=N–C) groups is 1. The lowest BCUT2D eigenvalue weighted by molar-refractivity contribution is 0.336. The van der Waals surface area contributed by atoms with Crippen LogP contribution in [0.3, 0.4) is 0 Å². The van der Waals surface area contributed by atoms with Crippen LogP contribution in [-0.2, 0) is 13.1 Å². The third kappa shape index (κ3) is 6.88. The number of para-hydroxylation sites is 1. The Bertz CT molecular complexity index is 799. The van der Waals surface area contributed by atoms with E-state index in [1.54, 1.807) is 28.4 Å². The van der Waals surface area contributed by atoms with Crippen molar-refractivity contribution in [1.29, 1.82) is 0 Å². The highest BCUT2D eigenvalue weighted by molar-refractivity contribution is 14.0. The minimum Gasteiger partial charge on any atom is -0.496 e. The van der Waals surface area contributed by atoms with Crippen LogP contribution < -0.4 is 29.6 Å². The number of hydrogen-bond acceptors (Lipinski definition) is 5. The van der Waals surface area contributed by atoms with Gasteiger partial charge in [0.05, 0.1) is 27.9 Å². The maximum absolute atomic E-state index is 5.67. The second-order valence-electron chi connectivity index (χ2n) is 5.84. The van der Waals surface area contributed by atoms with Crippen LogP contribution in [0.5, 0.6) is 23.0 Å². The summed E-state index contributed by atoms with van der Waals surface area (Å²) in [7, 11) is 6.57. The number of hydrogen-bond donors (Lipinski definition) is 2. The molecule has 0 aliphatic rings. The first-order chi connectivity index (χ1) is 13.7. The average Bonchev–Trinajstić information content (AvgIpc) is 2.74. The number of halogens is 1. The molecule has 0 atom stereocenters. The molecule has 2 rings (SSSR count). The zero-order valence-corrected chi connectivity index (χ0v) is 19.9. The highest BCUT2D eigenvalue weighted by Gasteiger charge is 2.12. The van der Waals surface area contributed by atoms with E-state index >= 15 is 0 Å². The molecule has 0 aromatic heterocycles. The molecule has 0 spiro atoms. The fraction of sp³-hybridized carbons (Fsp3) is 0.381. The minimum absolute atomic E-state index is 0. The standard InChI is InChI=1S/C21H29N3O4.HI/c1-6-28-17-10-8-7-9-15(17)13-23-21(22-2)24-14-16-11-19(26-4)20(27-5)12-18(16)25-3;/h7-12H,6,13-14H2,1-5H3,(H2,22,23,24);1H. The Morgan fingerprint density at radius 1 is 0.828 bits per heavy atom. The molecule has 0 saturated heterocycles. The van der Waals surface area contributed by atoms with E-state index in [4.69, 9.17) is 18.9 Å². The first kappa shape index (κ1) is 24.7. The highest BCUT2D eigenvalue weighted by atomic mass is 127. The van der Waals surface area contributed by atoms with Crippen molar-refractivity contribution < 1.29 is 18.9 Å². The van der Waals surface area contributed by atoms with Gasteiger partial charge >= 0.3 is 0 Å². The van der Waals surface area contributed by atoms with E-state index in [1.165, 1.54) is 0 Å². The van der Waals surface area contributed by atoms with E-state index in [-0.39, 0.29) is 24.0 Å². The quantitative estimate of drug-likeness (QED) is 0.302. The van der Waals surface area contributed by atoms with Gasteiger partial charge < -0.3 is 29.6 Å². The summed E-state index contributed by atoms with van der Waals surface area (Å²) in [5.41, 5.74) is 1.99. The summed E-state index contributed by atoms with van der Waals surface area (Å²) in [6, 6.07) is 11.6. The zero-order chi connectivity index (χ0) is 20.4. The van der Waals surface area contributed by atoms with Crippen LogP contribution in [0, 0.1) is 0 Å². The fourth-order valence-corrected chi connectivity index (χ4v) is 2.76. The van der Waals surface area contributed by atoms with Gasteiger partial charge in [-0.1, -0.05) is 18.2 Å². The van der Waals surface area contributed by atoms with Gasteiger partial charge in [0.25, 0.3) is 0 Å². The normalized spacial score (nSPS) is 10.6. The highest BCUT2D eigenvalue weighted by Crippen LogP contribution is 2.34. The number of methoxy groups -OCH3 is 3. The summed E-state index contributed by atoms with van der Waals surface area (Å²) < 4.78 is 21.8. The molecule has 0 amide bonds. The largest absolute Gasteiger partial charge is 0.496 e. The molecule has 0 heterocycles. The number of nitrogens with zero attached hydrogens (tertiary/aromatic N) is 1. The van der Waals surface area contributed by atoms with Crippen molar-refractivity contribution in [2.24, 2.45) is 4.99 Å². The molecule has 0 unspecified atom stereocenters. The molecule has 0 aliphatic carbocycles. The van der Waals surface area contributed by atoms with Gasteiger partial charge in [-0.25, -0.2) is 0 Å². The van der Waals surface area contributed by atoms with Gasteiger partial charge in [0.2, 0.25) is 0 Å². The first-order valence-electron chi connectivity index (χ1n) is 9.10. The summed E-state index contributed by atoms with van der Waals surface area (Å²) in [5.74, 6) is 3.52. The van der Waals surface area contributed by atoms with Crippen molar-refractivity contribution in [2.45, 2.75) is 20.0 Å². The van der Waals surface area contributed by atoms with Crippen molar-refractivity contribution in [3.63, 3.8) is 0 Å². The van der Waals surface area contributed by atoms with E-state index in [1.807, 2.05) is 43.3 Å². The molecule has 0 radical (unpaired) electrons. The van der Waals surface area contributed by atoms with Gasteiger partial charge in [-0.3, -0.25) is 4.99 Å². The van der Waals surface area contributed by atoms with Crippen LogP contribution in [0.25, 0.3) is 0 Å². The second kappa shape index (κ2) is 13.0. The molecular weight excluding hydrogens is 485 g/mol. The molecule has 8 heteroatoms. The molecular formula is C21H30IN3O4. The summed E-state index contributed by atoms with van der Waals surface area (Å²) in [6.07, 6.45) is 0. The molecule has 2 N–H and O–H groups in total. The second-order valence-corrected chi connectivity index (χ2v) is 5.84. The Morgan fingerprint density at radius 2 is 1.41 bits per heavy atom. The molecule has 0 fully saturated rings. The van der Waals surface area contributed by atoms with Gasteiger partial charge in [-0.2, -0.15) is 0 Å². The van der Waals surface area contributed by atoms with Gasteiger partial charge in [0.1, 0.15) is 11.5 Å². The van der Waals surface area contributed by atoms with Gasteiger partial charge in [-0.15, -0.1) is 24.0 Å². The van der Waals surface area contributed by atoms with Crippen LogP contribution in [0.4, 0.5) is 0 Å². The van der Waals surface area contributed by atoms with Crippen molar-refractivity contribution in [3.05, 3.63) is 47.5 Å². The van der Waals surface area contributed by atoms with Crippen LogP contribution in [0.2, 0.25) is 0 Å². The molecule has 0 aliphatic heterocycles. The van der Waals surface area contributed by atoms with Crippen molar-refractivity contribution in [1.82, 2.24) is 10.6 Å². The summed E-state index contributed by atoms with van der Waals surface area (Å²) >= 11 is 0. The van der Waals surface area contributed by atoms with Crippen molar-refractivity contribution in [3.8, 4) is 23.0 Å². The van der Waals surface area contributed by atoms with E-state index in [2.05, 4.69) is 15.6 Å². The number of nitrogens with one attached hydrogen (secondary N) is 2. The number of benzene rings is 2. The molecule has 0 bridgehead atoms. The Balaban J connectivity index is 0.00000420. The monoisotopic (exact) mass is 515 g/mol.